The zero-order chi connectivity index (χ0) is 12.3. The molecule has 0 aliphatic carbocycles. The molecule has 0 saturated carbocycles. The van der Waals surface area contributed by atoms with Crippen LogP contribution in [0.25, 0.3) is 0 Å². The van der Waals surface area contributed by atoms with Gasteiger partial charge in [-0.3, -0.25) is 0 Å². The summed E-state index contributed by atoms with van der Waals surface area (Å²) in [5.74, 6) is 1.06. The van der Waals surface area contributed by atoms with Crippen LogP contribution in [0.15, 0.2) is 34.7 Å². The van der Waals surface area contributed by atoms with E-state index in [4.69, 9.17) is 9.15 Å². The summed E-state index contributed by atoms with van der Waals surface area (Å²) in [6.07, 6.45) is 0. The Hall–Kier alpha value is -1.24. The summed E-state index contributed by atoms with van der Waals surface area (Å²) in [5.41, 5.74) is 0.399. The minimum atomic E-state index is -0.313. The Morgan fingerprint density at radius 1 is 1.35 bits per heavy atom. The number of hydrogen-bond donors (Lipinski definition) is 1. The lowest BCUT2D eigenvalue weighted by Gasteiger charge is -2.07. The fraction of sp³-hybridized carbons (Fsp3) is 0.167. The van der Waals surface area contributed by atoms with Crippen LogP contribution in [0.2, 0.25) is 0 Å². The van der Waals surface area contributed by atoms with Crippen molar-refractivity contribution in [3.8, 4) is 5.75 Å². The second kappa shape index (κ2) is 5.39. The van der Waals surface area contributed by atoms with Crippen LogP contribution >= 0.6 is 22.6 Å². The molecule has 3 nitrogen and oxygen atoms in total. The smallest absolute Gasteiger partial charge is 0.164 e. The molecule has 1 heterocycles. The van der Waals surface area contributed by atoms with Gasteiger partial charge in [-0.2, -0.15) is 0 Å². The number of nitrogens with one attached hydrogen (secondary N) is 1. The molecule has 0 radical (unpaired) electrons. The lowest BCUT2D eigenvalue weighted by molar-refractivity contribution is 0.414. The van der Waals surface area contributed by atoms with Gasteiger partial charge in [0.2, 0.25) is 0 Å². The second-order valence-electron chi connectivity index (χ2n) is 3.41. The average molecular weight is 347 g/mol. The summed E-state index contributed by atoms with van der Waals surface area (Å²) in [6, 6.07) is 8.28. The number of furan rings is 1. The Balaban J connectivity index is 2.07. The fourth-order valence-electron chi connectivity index (χ4n) is 1.40. The van der Waals surface area contributed by atoms with E-state index in [1.165, 1.54) is 6.07 Å². The number of methoxy groups -OCH3 is 1. The lowest BCUT2D eigenvalue weighted by atomic mass is 10.3. The highest BCUT2D eigenvalue weighted by atomic mass is 127. The molecule has 17 heavy (non-hydrogen) atoms. The van der Waals surface area contributed by atoms with Crippen molar-refractivity contribution in [2.45, 2.75) is 6.54 Å². The SMILES string of the molecule is COc1ccc(F)c(NCc2ccc(I)o2)c1. The first kappa shape index (κ1) is 12.2. The monoisotopic (exact) mass is 347 g/mol. The van der Waals surface area contributed by atoms with Crippen molar-refractivity contribution >= 4 is 28.3 Å². The quantitative estimate of drug-likeness (QED) is 0.858. The van der Waals surface area contributed by atoms with Gasteiger partial charge in [-0.25, -0.2) is 4.39 Å². The van der Waals surface area contributed by atoms with Gasteiger partial charge in [0.25, 0.3) is 0 Å². The zero-order valence-electron chi connectivity index (χ0n) is 9.17. The van der Waals surface area contributed by atoms with Crippen LogP contribution in [0.3, 0.4) is 0 Å². The van der Waals surface area contributed by atoms with Crippen LogP contribution in [0.4, 0.5) is 10.1 Å². The molecule has 2 aromatic rings. The third-order valence-corrected chi connectivity index (χ3v) is 2.84. The van der Waals surface area contributed by atoms with Crippen molar-refractivity contribution < 1.29 is 13.5 Å². The number of ether oxygens (including phenoxy) is 1. The van der Waals surface area contributed by atoms with Gasteiger partial charge in [0.1, 0.15) is 17.3 Å². The maximum absolute atomic E-state index is 13.5. The molecular weight excluding hydrogens is 336 g/mol. The molecule has 0 fully saturated rings. The first-order valence-corrected chi connectivity index (χ1v) is 6.08. The summed E-state index contributed by atoms with van der Waals surface area (Å²) in [5, 5.41) is 2.97. The molecule has 1 aromatic heterocycles. The third-order valence-electron chi connectivity index (χ3n) is 2.26. The van der Waals surface area contributed by atoms with Gasteiger partial charge < -0.3 is 14.5 Å². The molecule has 5 heteroatoms. The maximum Gasteiger partial charge on any atom is 0.164 e. The van der Waals surface area contributed by atoms with Crippen molar-refractivity contribution in [3.63, 3.8) is 0 Å². The van der Waals surface area contributed by atoms with Gasteiger partial charge >= 0.3 is 0 Å². The zero-order valence-corrected chi connectivity index (χ0v) is 11.3. The van der Waals surface area contributed by atoms with Crippen LogP contribution in [-0.2, 0) is 6.54 Å². The maximum atomic E-state index is 13.5. The highest BCUT2D eigenvalue weighted by molar-refractivity contribution is 14.1. The van der Waals surface area contributed by atoms with Crippen molar-refractivity contribution in [1.29, 1.82) is 0 Å². The van der Waals surface area contributed by atoms with E-state index >= 15 is 0 Å². The third kappa shape index (κ3) is 3.12. The minimum Gasteiger partial charge on any atom is -0.497 e. The second-order valence-corrected chi connectivity index (χ2v) is 4.47. The molecule has 0 unspecified atom stereocenters. The van der Waals surface area contributed by atoms with Gasteiger partial charge in [-0.1, -0.05) is 0 Å². The number of halogens is 2. The predicted molar refractivity (Wildman–Crippen MR) is 71.7 cm³/mol. The van der Waals surface area contributed by atoms with E-state index in [1.807, 2.05) is 12.1 Å². The van der Waals surface area contributed by atoms with Gasteiger partial charge in [-0.05, 0) is 46.9 Å². The number of hydrogen-bond acceptors (Lipinski definition) is 3. The molecule has 1 N–H and O–H groups in total. The Kier molecular flexibility index (Phi) is 3.88. The summed E-state index contributed by atoms with van der Waals surface area (Å²) in [7, 11) is 1.55. The van der Waals surface area contributed by atoms with Crippen LogP contribution in [0, 0.1) is 9.58 Å². The van der Waals surface area contributed by atoms with E-state index in [0.29, 0.717) is 18.0 Å². The molecule has 0 spiro atoms. The van der Waals surface area contributed by atoms with E-state index in [1.54, 1.807) is 19.2 Å². The topological polar surface area (TPSA) is 34.4 Å². The largest absolute Gasteiger partial charge is 0.497 e. The van der Waals surface area contributed by atoms with Gasteiger partial charge in [0.15, 0.2) is 3.77 Å². The number of rotatable bonds is 4. The van der Waals surface area contributed by atoms with Crippen LogP contribution in [0.1, 0.15) is 5.76 Å². The van der Waals surface area contributed by atoms with E-state index in [-0.39, 0.29) is 5.82 Å². The molecule has 0 bridgehead atoms. The molecule has 0 atom stereocenters. The Morgan fingerprint density at radius 2 is 2.18 bits per heavy atom. The van der Waals surface area contributed by atoms with Crippen LogP contribution in [-0.4, -0.2) is 7.11 Å². The molecule has 0 aliphatic rings. The normalized spacial score (nSPS) is 10.3. The van der Waals surface area contributed by atoms with E-state index in [9.17, 15) is 4.39 Å². The fourth-order valence-corrected chi connectivity index (χ4v) is 1.86. The predicted octanol–water partition coefficient (Wildman–Crippen LogP) is 3.64. The minimum absolute atomic E-state index is 0.313. The molecule has 1 aromatic carbocycles. The summed E-state index contributed by atoms with van der Waals surface area (Å²) >= 11 is 2.08. The lowest BCUT2D eigenvalue weighted by Crippen LogP contribution is -2.00. The number of anilines is 1. The van der Waals surface area contributed by atoms with Crippen molar-refractivity contribution in [1.82, 2.24) is 0 Å². The molecule has 0 aliphatic heterocycles. The average Bonchev–Trinajstić information content (AvgIpc) is 2.74. The van der Waals surface area contributed by atoms with Crippen LogP contribution in [0.5, 0.6) is 5.75 Å². The molecular formula is C12H11FINO2. The van der Waals surface area contributed by atoms with E-state index in [2.05, 4.69) is 27.9 Å². The van der Waals surface area contributed by atoms with Gasteiger partial charge in [0, 0.05) is 6.07 Å². The standard InChI is InChI=1S/C12H11FINO2/c1-16-8-2-4-10(13)11(6-8)15-7-9-3-5-12(14)17-9/h2-6,15H,7H2,1H3. The summed E-state index contributed by atoms with van der Waals surface area (Å²) < 4.78 is 24.7. The van der Waals surface area contributed by atoms with E-state index < -0.39 is 0 Å². The first-order valence-electron chi connectivity index (χ1n) is 5.00. The van der Waals surface area contributed by atoms with Crippen molar-refractivity contribution in [3.05, 3.63) is 45.7 Å². The molecule has 90 valence electrons. The summed E-state index contributed by atoms with van der Waals surface area (Å²) in [6.45, 7) is 0.438. The molecule has 0 saturated heterocycles. The highest BCUT2D eigenvalue weighted by Crippen LogP contribution is 2.22. The highest BCUT2D eigenvalue weighted by Gasteiger charge is 2.05. The van der Waals surface area contributed by atoms with Gasteiger partial charge in [0.05, 0.1) is 19.3 Å². The van der Waals surface area contributed by atoms with Crippen LogP contribution < -0.4 is 10.1 Å². The van der Waals surface area contributed by atoms with Gasteiger partial charge in [-0.15, -0.1) is 0 Å². The number of benzene rings is 1. The molecule has 0 amide bonds. The molecule has 2 rings (SSSR count). The van der Waals surface area contributed by atoms with Crippen molar-refractivity contribution in [2.24, 2.45) is 0 Å². The first-order chi connectivity index (χ1) is 8.19. The van der Waals surface area contributed by atoms with E-state index in [0.717, 1.165) is 9.53 Å². The van der Waals surface area contributed by atoms with Crippen molar-refractivity contribution in [2.75, 3.05) is 12.4 Å². The Labute approximate surface area is 112 Å². The Morgan fingerprint density at radius 3 is 2.82 bits per heavy atom. The summed E-state index contributed by atoms with van der Waals surface area (Å²) in [4.78, 5) is 0. The Bertz CT molecular complexity index is 513.